The first kappa shape index (κ1) is 57.4. The summed E-state index contributed by atoms with van der Waals surface area (Å²) in [5, 5.41) is 29.0. The molecule has 0 aliphatic heterocycles. The number of halogens is 2. The van der Waals surface area contributed by atoms with Crippen LogP contribution in [0.25, 0.3) is 32.7 Å². The summed E-state index contributed by atoms with van der Waals surface area (Å²) in [5.74, 6) is 3.29. The third-order valence-electron chi connectivity index (χ3n) is 10.00. The Morgan fingerprint density at radius 2 is 1.18 bits per heavy atom. The predicted molar refractivity (Wildman–Crippen MR) is 268 cm³/mol. The van der Waals surface area contributed by atoms with E-state index in [0.717, 1.165) is 74.4 Å². The number of benzene rings is 3. The molecule has 65 heavy (non-hydrogen) atoms. The molecule has 3 aromatic heterocycles. The summed E-state index contributed by atoms with van der Waals surface area (Å²) in [4.78, 5) is 0. The number of hydrogen-bond acceptors (Lipinski definition) is 13. The Labute approximate surface area is 399 Å². The molecule has 0 amide bonds. The molecule has 0 saturated heterocycles. The van der Waals surface area contributed by atoms with Crippen LogP contribution in [0.15, 0.2) is 73.2 Å². The summed E-state index contributed by atoms with van der Waals surface area (Å²) in [5.41, 5.74) is 3.00. The van der Waals surface area contributed by atoms with Gasteiger partial charge in [-0.05, 0) is 66.4 Å². The van der Waals surface area contributed by atoms with Crippen LogP contribution in [0.3, 0.4) is 0 Å². The molecule has 0 aliphatic rings. The first-order valence-corrected chi connectivity index (χ1v) is 29.3. The highest BCUT2D eigenvalue weighted by atomic mass is 79.9. The molecule has 0 aliphatic carbocycles. The molecule has 3 heterocycles. The van der Waals surface area contributed by atoms with Crippen molar-refractivity contribution in [2.24, 2.45) is 17.8 Å². The van der Waals surface area contributed by atoms with Crippen LogP contribution < -0.4 is 14.2 Å². The van der Waals surface area contributed by atoms with Gasteiger partial charge in [0.15, 0.2) is 8.32 Å². The molecular weight excluding hydrogens is 980 g/mol. The van der Waals surface area contributed by atoms with Gasteiger partial charge in [0.05, 0.1) is 75.6 Å². The summed E-state index contributed by atoms with van der Waals surface area (Å²) < 4.78 is 70.8. The van der Waals surface area contributed by atoms with E-state index in [4.69, 9.17) is 27.9 Å². The van der Waals surface area contributed by atoms with Crippen molar-refractivity contribution in [2.75, 3.05) is 59.0 Å². The predicted octanol–water partition coefficient (Wildman–Crippen LogP) is 9.13. The highest BCUT2D eigenvalue weighted by Gasteiger charge is 2.37. The lowest BCUT2D eigenvalue weighted by Gasteiger charge is -2.36. The Morgan fingerprint density at radius 1 is 0.738 bits per heavy atom. The maximum absolute atomic E-state index is 11.0. The van der Waals surface area contributed by atoms with E-state index < -0.39 is 27.5 Å². The zero-order valence-electron chi connectivity index (χ0n) is 39.8. The molecule has 21 heteroatoms. The van der Waals surface area contributed by atoms with E-state index in [-0.39, 0.29) is 25.0 Å². The van der Waals surface area contributed by atoms with Gasteiger partial charge in [-0.15, -0.1) is 0 Å². The first-order chi connectivity index (χ1) is 30.2. The van der Waals surface area contributed by atoms with Crippen molar-refractivity contribution in [1.82, 2.24) is 29.8 Å². The number of methoxy groups -OCH3 is 3. The molecule has 3 aromatic carbocycles. The van der Waals surface area contributed by atoms with Gasteiger partial charge in [-0.2, -0.15) is 23.7 Å². The number of rotatable bonds is 15. The number of nitrogens with one attached hydrogen (secondary N) is 1. The summed E-state index contributed by atoms with van der Waals surface area (Å²) in [7, 11) is 1.32. The van der Waals surface area contributed by atoms with Crippen molar-refractivity contribution in [3.8, 4) is 17.2 Å². The quantitative estimate of drug-likeness (QED) is 0.0428. The topological polar surface area (TPSA) is 199 Å². The van der Waals surface area contributed by atoms with Crippen molar-refractivity contribution < 1.29 is 44.8 Å². The van der Waals surface area contributed by atoms with Crippen LogP contribution in [0.5, 0.6) is 17.2 Å². The highest BCUT2D eigenvalue weighted by Crippen LogP contribution is 2.36. The number of H-pyrrole nitrogens is 1. The first-order valence-electron chi connectivity index (χ1n) is 20.7. The van der Waals surface area contributed by atoms with Crippen LogP contribution in [0.1, 0.15) is 41.5 Å². The zero-order valence-corrected chi connectivity index (χ0v) is 44.8. The normalized spacial score (nSPS) is 13.2. The molecule has 6 rings (SSSR count). The number of nitrogens with zero attached hydrogens (tertiary/aromatic N) is 5. The average molecular weight is 1050 g/mol. The fraction of sp³-hybridized carbons (Fsp3) is 0.523. The molecule has 6 aromatic rings. The number of hydrogen-bond donors (Lipinski definition) is 2. The monoisotopic (exact) mass is 1050 g/mol. The third kappa shape index (κ3) is 21.2. The Morgan fingerprint density at radius 3 is 1.60 bits per heavy atom. The number of ether oxygens (including phenoxy) is 3. The van der Waals surface area contributed by atoms with Crippen molar-refractivity contribution in [3.63, 3.8) is 0 Å². The highest BCUT2D eigenvalue weighted by molar-refractivity contribution is 9.09. The van der Waals surface area contributed by atoms with Gasteiger partial charge in [0.1, 0.15) is 17.2 Å². The third-order valence-corrected chi connectivity index (χ3v) is 16.2. The van der Waals surface area contributed by atoms with E-state index >= 15 is 0 Å². The van der Waals surface area contributed by atoms with Crippen molar-refractivity contribution in [1.29, 1.82) is 0 Å². The molecule has 0 fully saturated rings. The Kier molecular flexibility index (Phi) is 23.4. The van der Waals surface area contributed by atoms with Crippen molar-refractivity contribution >= 4 is 86.8 Å². The molecule has 3 atom stereocenters. The number of aromatic nitrogens is 6. The standard InChI is InChI=1S/C13H18N2O4S.C12H16N2O2.C10H23BrOSi.C8H8N2O.CH3ClO2S/c1-10(9-19-20(3,16)17)8-15-13-6-12(18-2)5-4-11(13)7-14-15;1-9(8-15)7-14-12-5-11(16-2)4-3-10(12)6-13-14;1-9(7-11)8-12-13(5,6)10(2,3)4;1-11-7-3-2-6-5-9-10-8(6)4-7;1-5(2,3)4/h4-7,10H,8-9H2,1-3H3;3-6,9,15H,7-8H2,1-2H3;9H,7-8H2,1-6H3;2-5H,1H3,(H,9,10);1H3/t10-;2*9-;;/m001../s1. The molecule has 0 radical (unpaired) electrons. The van der Waals surface area contributed by atoms with E-state index in [1.807, 2.05) is 84.0 Å². The van der Waals surface area contributed by atoms with E-state index in [9.17, 15) is 16.8 Å². The maximum Gasteiger partial charge on any atom is 0.264 e. The van der Waals surface area contributed by atoms with Gasteiger partial charge in [0.2, 0.25) is 9.05 Å². The van der Waals surface area contributed by atoms with Gasteiger partial charge >= 0.3 is 0 Å². The molecule has 0 saturated carbocycles. The molecular formula is C44H68BrClN6O10S2Si. The Hall–Kier alpha value is -3.76. The lowest BCUT2D eigenvalue weighted by Crippen LogP contribution is -2.41. The van der Waals surface area contributed by atoms with E-state index in [2.05, 4.69) is 87.8 Å². The number of aliphatic hydroxyl groups excluding tert-OH is 1. The van der Waals surface area contributed by atoms with Crippen LogP contribution in [-0.4, -0.2) is 119 Å². The molecule has 0 unspecified atom stereocenters. The Bertz CT molecular complexity index is 2560. The second-order valence-electron chi connectivity index (χ2n) is 17.2. The van der Waals surface area contributed by atoms with Crippen molar-refractivity contribution in [3.05, 3.63) is 73.2 Å². The van der Waals surface area contributed by atoms with Crippen molar-refractivity contribution in [2.45, 2.75) is 72.8 Å². The summed E-state index contributed by atoms with van der Waals surface area (Å²) in [6, 6.07) is 17.4. The van der Waals surface area contributed by atoms with Crippen LogP contribution in [0.2, 0.25) is 18.1 Å². The lowest BCUT2D eigenvalue weighted by atomic mass is 10.2. The number of aromatic amines is 1. The maximum atomic E-state index is 11.0. The summed E-state index contributed by atoms with van der Waals surface area (Å²) in [6.07, 6.45) is 7.37. The lowest BCUT2D eigenvalue weighted by molar-refractivity contribution is 0.220. The number of aliphatic hydroxyl groups is 1. The van der Waals surface area contributed by atoms with E-state index in [0.29, 0.717) is 24.0 Å². The van der Waals surface area contributed by atoms with Gasteiger partial charge in [-0.3, -0.25) is 18.6 Å². The zero-order chi connectivity index (χ0) is 49.2. The average Bonchev–Trinajstić information content (AvgIpc) is 3.99. The molecule has 364 valence electrons. The summed E-state index contributed by atoms with van der Waals surface area (Å²) in [6.45, 7) is 20.0. The fourth-order valence-corrected chi connectivity index (χ4v) is 7.04. The second-order valence-corrected chi connectivity index (χ2v) is 27.4. The van der Waals surface area contributed by atoms with Crippen LogP contribution >= 0.6 is 26.6 Å². The van der Waals surface area contributed by atoms with Gasteiger partial charge in [-0.25, -0.2) is 8.42 Å². The van der Waals surface area contributed by atoms with Gasteiger partial charge in [0, 0.05) is 82.6 Å². The number of fused-ring (bicyclic) bond motifs is 3. The van der Waals surface area contributed by atoms with Gasteiger partial charge < -0.3 is 23.7 Å². The largest absolute Gasteiger partial charge is 0.497 e. The smallest absolute Gasteiger partial charge is 0.264 e. The minimum Gasteiger partial charge on any atom is -0.497 e. The van der Waals surface area contributed by atoms with Crippen LogP contribution in [0, 0.1) is 17.8 Å². The molecule has 2 N–H and O–H groups in total. The van der Waals surface area contributed by atoms with E-state index in [1.54, 1.807) is 33.7 Å². The van der Waals surface area contributed by atoms with Crippen LogP contribution in [0.4, 0.5) is 0 Å². The van der Waals surface area contributed by atoms with Crippen LogP contribution in [-0.2, 0) is 40.9 Å². The number of alkyl halides is 1. The van der Waals surface area contributed by atoms with E-state index in [1.165, 1.54) is 0 Å². The molecule has 0 bridgehead atoms. The molecule has 16 nitrogen and oxygen atoms in total. The fourth-order valence-electron chi connectivity index (χ4n) is 5.24. The van der Waals surface area contributed by atoms with Gasteiger partial charge in [-0.1, -0.05) is 57.5 Å². The molecule has 0 spiro atoms. The minimum absolute atomic E-state index is 0.0269. The summed E-state index contributed by atoms with van der Waals surface area (Å²) >= 11 is 3.47. The Balaban J connectivity index is 0.000000293. The second kappa shape index (κ2) is 26.5. The van der Waals surface area contributed by atoms with Gasteiger partial charge in [0.25, 0.3) is 10.1 Å². The SMILES string of the molecule is COc1ccc2cn[nH]c2c1.COc1ccc2cnn(C[C@H](C)CO)c2c1.COc1ccc2cnn(C[C@H](C)COS(C)(=O)=O)c2c1.CS(=O)(=O)Cl.C[C@H](CBr)CO[Si](C)(C)C(C)(C)C. The minimum atomic E-state index is -3.40.